The van der Waals surface area contributed by atoms with Gasteiger partial charge in [0.15, 0.2) is 0 Å². The van der Waals surface area contributed by atoms with Gasteiger partial charge in [0.05, 0.1) is 0 Å². The molecule has 29 heavy (non-hydrogen) atoms. The summed E-state index contributed by atoms with van der Waals surface area (Å²) in [5.41, 5.74) is 5.17. The van der Waals surface area contributed by atoms with Crippen LogP contribution in [-0.4, -0.2) is 61.0 Å². The number of fused-ring (bicyclic) bond motifs is 1. The molecule has 0 saturated carbocycles. The smallest absolute Gasteiger partial charge is 0.254 e. The number of nitrogens with zero attached hydrogens (tertiary/aromatic N) is 2. The van der Waals surface area contributed by atoms with Gasteiger partial charge in [0, 0.05) is 44.3 Å². The first-order chi connectivity index (χ1) is 14.3. The maximum absolute atomic E-state index is 13.4. The van der Waals surface area contributed by atoms with E-state index in [0.717, 1.165) is 70.5 Å². The van der Waals surface area contributed by atoms with Gasteiger partial charge in [0.2, 0.25) is 0 Å². The summed E-state index contributed by atoms with van der Waals surface area (Å²) >= 11 is 0. The molecular formula is C25H31N3O. The third kappa shape index (κ3) is 3.84. The zero-order chi connectivity index (χ0) is 19.6. The number of carbonyl (C=O) groups excluding carboxylic acids is 1. The van der Waals surface area contributed by atoms with E-state index in [1.54, 1.807) is 0 Å². The molecule has 0 bridgehead atoms. The molecule has 3 aliphatic rings. The van der Waals surface area contributed by atoms with Crippen LogP contribution in [-0.2, 0) is 12.8 Å². The van der Waals surface area contributed by atoms with Gasteiger partial charge in [-0.25, -0.2) is 0 Å². The van der Waals surface area contributed by atoms with Crippen molar-refractivity contribution in [2.75, 3.05) is 39.3 Å². The van der Waals surface area contributed by atoms with E-state index in [4.69, 9.17) is 0 Å². The van der Waals surface area contributed by atoms with Crippen molar-refractivity contribution < 1.29 is 4.79 Å². The number of hydrogen-bond donors (Lipinski definition) is 1. The second kappa shape index (κ2) is 8.29. The van der Waals surface area contributed by atoms with Crippen LogP contribution in [0.3, 0.4) is 0 Å². The Morgan fingerprint density at radius 3 is 2.41 bits per heavy atom. The molecule has 0 unspecified atom stereocenters. The standard InChI is InChI=1S/C25H31N3O/c29-25(24-9-4-3-8-23(24)21-10-11-26-18-21)28-13-5-12-27(14-15-28)22-16-19-6-1-2-7-20(19)17-22/h1-4,6-9,21-22,26H,5,10-18H2/t21-/m0/s1. The van der Waals surface area contributed by atoms with Crippen molar-refractivity contribution in [1.82, 2.24) is 15.1 Å². The second-order valence-electron chi connectivity index (χ2n) is 8.79. The highest BCUT2D eigenvalue weighted by molar-refractivity contribution is 5.96. The van der Waals surface area contributed by atoms with E-state index < -0.39 is 0 Å². The normalized spacial score (nSPS) is 23.2. The van der Waals surface area contributed by atoms with Gasteiger partial charge < -0.3 is 10.2 Å². The summed E-state index contributed by atoms with van der Waals surface area (Å²) in [6.45, 7) is 5.82. The van der Waals surface area contributed by atoms with Gasteiger partial charge in [-0.05, 0) is 60.9 Å². The van der Waals surface area contributed by atoms with Crippen LogP contribution in [0.15, 0.2) is 48.5 Å². The predicted molar refractivity (Wildman–Crippen MR) is 116 cm³/mol. The quantitative estimate of drug-likeness (QED) is 0.876. The molecule has 4 nitrogen and oxygen atoms in total. The first-order valence-corrected chi connectivity index (χ1v) is 11.2. The molecule has 2 aromatic carbocycles. The monoisotopic (exact) mass is 389 g/mol. The van der Waals surface area contributed by atoms with Crippen LogP contribution >= 0.6 is 0 Å². The van der Waals surface area contributed by atoms with Crippen LogP contribution in [0.1, 0.15) is 45.8 Å². The number of benzene rings is 2. The highest BCUT2D eigenvalue weighted by atomic mass is 16.2. The first kappa shape index (κ1) is 18.8. The van der Waals surface area contributed by atoms with Crippen molar-refractivity contribution in [1.29, 1.82) is 0 Å². The molecule has 1 atom stereocenters. The van der Waals surface area contributed by atoms with Crippen LogP contribution in [0.25, 0.3) is 0 Å². The van der Waals surface area contributed by atoms with E-state index in [0.29, 0.717) is 12.0 Å². The molecule has 1 amide bonds. The van der Waals surface area contributed by atoms with Crippen molar-refractivity contribution >= 4 is 5.91 Å². The lowest BCUT2D eigenvalue weighted by atomic mass is 9.93. The molecule has 2 saturated heterocycles. The number of hydrogen-bond acceptors (Lipinski definition) is 3. The van der Waals surface area contributed by atoms with Crippen LogP contribution < -0.4 is 5.32 Å². The van der Waals surface area contributed by atoms with E-state index in [1.807, 2.05) is 12.1 Å². The zero-order valence-electron chi connectivity index (χ0n) is 17.1. The molecule has 1 aliphatic carbocycles. The zero-order valence-corrected chi connectivity index (χ0v) is 17.1. The summed E-state index contributed by atoms with van der Waals surface area (Å²) in [7, 11) is 0. The topological polar surface area (TPSA) is 35.6 Å². The Morgan fingerprint density at radius 2 is 1.66 bits per heavy atom. The van der Waals surface area contributed by atoms with Crippen molar-refractivity contribution in [2.24, 2.45) is 0 Å². The van der Waals surface area contributed by atoms with Crippen molar-refractivity contribution in [3.05, 3.63) is 70.8 Å². The van der Waals surface area contributed by atoms with Gasteiger partial charge in [-0.3, -0.25) is 9.69 Å². The molecule has 2 aliphatic heterocycles. The Balaban J connectivity index is 1.26. The average molecular weight is 390 g/mol. The van der Waals surface area contributed by atoms with Crippen molar-refractivity contribution in [3.8, 4) is 0 Å². The van der Waals surface area contributed by atoms with Gasteiger partial charge >= 0.3 is 0 Å². The Kier molecular flexibility index (Phi) is 5.38. The Hall–Kier alpha value is -2.17. The molecule has 152 valence electrons. The van der Waals surface area contributed by atoms with Gasteiger partial charge in [-0.15, -0.1) is 0 Å². The van der Waals surface area contributed by atoms with Gasteiger partial charge in [-0.1, -0.05) is 42.5 Å². The Morgan fingerprint density at radius 1 is 0.897 bits per heavy atom. The average Bonchev–Trinajstić information content (AvgIpc) is 3.38. The van der Waals surface area contributed by atoms with Gasteiger partial charge in [0.25, 0.3) is 5.91 Å². The van der Waals surface area contributed by atoms with E-state index in [1.165, 1.54) is 16.7 Å². The number of carbonyl (C=O) groups is 1. The molecule has 1 N–H and O–H groups in total. The summed E-state index contributed by atoms with van der Waals surface area (Å²) in [4.78, 5) is 18.1. The largest absolute Gasteiger partial charge is 0.337 e. The summed E-state index contributed by atoms with van der Waals surface area (Å²) < 4.78 is 0. The number of nitrogens with one attached hydrogen (secondary N) is 1. The minimum Gasteiger partial charge on any atom is -0.337 e. The molecule has 2 aromatic rings. The predicted octanol–water partition coefficient (Wildman–Crippen LogP) is 3.08. The van der Waals surface area contributed by atoms with E-state index in [9.17, 15) is 4.79 Å². The summed E-state index contributed by atoms with van der Waals surface area (Å²) in [6, 6.07) is 17.7. The maximum Gasteiger partial charge on any atom is 0.254 e. The minimum atomic E-state index is 0.226. The lowest BCUT2D eigenvalue weighted by Crippen LogP contribution is -2.40. The first-order valence-electron chi connectivity index (χ1n) is 11.2. The fraction of sp³-hybridized carbons (Fsp3) is 0.480. The van der Waals surface area contributed by atoms with Crippen molar-refractivity contribution in [2.45, 2.75) is 37.6 Å². The molecule has 0 radical (unpaired) electrons. The molecule has 4 heteroatoms. The number of amides is 1. The third-order valence-corrected chi connectivity index (χ3v) is 7.05. The van der Waals surface area contributed by atoms with Gasteiger partial charge in [0.1, 0.15) is 0 Å². The second-order valence-corrected chi connectivity index (χ2v) is 8.79. The summed E-state index contributed by atoms with van der Waals surface area (Å²) in [5, 5.41) is 3.44. The van der Waals surface area contributed by atoms with Crippen LogP contribution in [0.4, 0.5) is 0 Å². The summed E-state index contributed by atoms with van der Waals surface area (Å²) in [5.74, 6) is 0.694. The third-order valence-electron chi connectivity index (χ3n) is 7.05. The Bertz CT molecular complexity index is 849. The maximum atomic E-state index is 13.4. The SMILES string of the molecule is O=C(c1ccccc1[C@H]1CCNC1)N1CCCN(C2Cc3ccccc3C2)CC1. The highest BCUT2D eigenvalue weighted by Crippen LogP contribution is 2.28. The van der Waals surface area contributed by atoms with Gasteiger partial charge in [-0.2, -0.15) is 0 Å². The lowest BCUT2D eigenvalue weighted by molar-refractivity contribution is 0.0756. The summed E-state index contributed by atoms with van der Waals surface area (Å²) in [6.07, 6.45) is 4.50. The minimum absolute atomic E-state index is 0.226. The molecule has 0 spiro atoms. The van der Waals surface area contributed by atoms with Crippen LogP contribution in [0.2, 0.25) is 0 Å². The Labute approximate surface area is 173 Å². The van der Waals surface area contributed by atoms with Crippen LogP contribution in [0.5, 0.6) is 0 Å². The molecule has 0 aromatic heterocycles. The fourth-order valence-corrected chi connectivity index (χ4v) is 5.44. The molecular weight excluding hydrogens is 358 g/mol. The molecule has 2 heterocycles. The highest BCUT2D eigenvalue weighted by Gasteiger charge is 2.30. The number of rotatable bonds is 3. The van der Waals surface area contributed by atoms with E-state index in [2.05, 4.69) is 51.5 Å². The lowest BCUT2D eigenvalue weighted by Gasteiger charge is -2.27. The van der Waals surface area contributed by atoms with E-state index in [-0.39, 0.29) is 5.91 Å². The van der Waals surface area contributed by atoms with Crippen molar-refractivity contribution in [3.63, 3.8) is 0 Å². The van der Waals surface area contributed by atoms with E-state index >= 15 is 0 Å². The molecule has 5 rings (SSSR count). The fourth-order valence-electron chi connectivity index (χ4n) is 5.44. The van der Waals surface area contributed by atoms with Crippen LogP contribution in [0, 0.1) is 0 Å². The molecule has 2 fully saturated rings.